The van der Waals surface area contributed by atoms with Crippen molar-refractivity contribution in [2.24, 2.45) is 0 Å². The summed E-state index contributed by atoms with van der Waals surface area (Å²) in [4.78, 5) is 26.7. The maximum absolute atomic E-state index is 12.8. The zero-order chi connectivity index (χ0) is 28.2. The fraction of sp³-hybridized carbons (Fsp3) is 0.276. The molecule has 0 aliphatic carbocycles. The van der Waals surface area contributed by atoms with Crippen LogP contribution in [0.5, 0.6) is 11.6 Å². The molecule has 1 aliphatic heterocycles. The molecule has 0 bridgehead atoms. The minimum atomic E-state index is -0.136. The van der Waals surface area contributed by atoms with Crippen LogP contribution in [0.3, 0.4) is 0 Å². The third-order valence-electron chi connectivity index (χ3n) is 7.11. The van der Waals surface area contributed by atoms with Gasteiger partial charge in [0.1, 0.15) is 11.3 Å². The first-order chi connectivity index (χ1) is 20.0. The quantitative estimate of drug-likeness (QED) is 0.261. The molecule has 1 aliphatic rings. The third-order valence-corrected chi connectivity index (χ3v) is 7.11. The fourth-order valence-corrected chi connectivity index (χ4v) is 4.87. The Morgan fingerprint density at radius 3 is 2.66 bits per heavy atom. The van der Waals surface area contributed by atoms with E-state index >= 15 is 0 Å². The lowest BCUT2D eigenvalue weighted by atomic mass is 10.2. The van der Waals surface area contributed by atoms with Crippen LogP contribution >= 0.6 is 0 Å². The second-order valence-corrected chi connectivity index (χ2v) is 10.00. The van der Waals surface area contributed by atoms with Crippen molar-refractivity contribution in [3.05, 3.63) is 72.4 Å². The number of hydrogen-bond donors (Lipinski definition) is 2. The average Bonchev–Trinajstić information content (AvgIpc) is 3.59. The molecule has 41 heavy (non-hydrogen) atoms. The molecule has 0 unspecified atom stereocenters. The molecule has 210 valence electrons. The number of nitrogens with two attached hydrogens (primary N) is 1. The van der Waals surface area contributed by atoms with Gasteiger partial charge in [0.25, 0.3) is 5.91 Å². The molecule has 1 fully saturated rings. The number of pyridine rings is 1. The predicted octanol–water partition coefficient (Wildman–Crippen LogP) is 3.21. The van der Waals surface area contributed by atoms with Gasteiger partial charge in [0.15, 0.2) is 17.3 Å². The summed E-state index contributed by atoms with van der Waals surface area (Å²) in [6, 6.07) is 18.5. The Labute approximate surface area is 236 Å². The number of hydrogen-bond acceptors (Lipinski definition) is 10. The molecule has 6 rings (SSSR count). The first kappa shape index (κ1) is 26.4. The van der Waals surface area contributed by atoms with Crippen molar-refractivity contribution in [3.8, 4) is 28.8 Å². The molecule has 0 atom stereocenters. The number of piperazine rings is 1. The number of nitrogens with one attached hydrogen (secondary N) is 1. The average molecular weight is 554 g/mol. The summed E-state index contributed by atoms with van der Waals surface area (Å²) in [6.45, 7) is 5.91. The van der Waals surface area contributed by atoms with Gasteiger partial charge in [0, 0.05) is 50.0 Å². The number of ether oxygens (including phenoxy) is 1. The van der Waals surface area contributed by atoms with E-state index in [1.54, 1.807) is 36.5 Å². The zero-order valence-electron chi connectivity index (χ0n) is 22.7. The normalized spacial score (nSPS) is 14.4. The Kier molecular flexibility index (Phi) is 7.56. The van der Waals surface area contributed by atoms with Gasteiger partial charge in [-0.05, 0) is 60.7 Å². The highest BCUT2D eigenvalue weighted by atomic mass is 16.6. The van der Waals surface area contributed by atoms with E-state index in [-0.39, 0.29) is 11.7 Å². The molecule has 2 aromatic carbocycles. The molecule has 0 radical (unpaired) electrons. The second kappa shape index (κ2) is 11.7. The summed E-state index contributed by atoms with van der Waals surface area (Å²) in [7, 11) is 2.15. The van der Waals surface area contributed by atoms with Crippen LogP contribution in [0, 0.1) is 0 Å². The predicted molar refractivity (Wildman–Crippen MR) is 154 cm³/mol. The van der Waals surface area contributed by atoms with Gasteiger partial charge in [-0.15, -0.1) is 0 Å². The van der Waals surface area contributed by atoms with E-state index < -0.39 is 0 Å². The molecule has 4 heterocycles. The van der Waals surface area contributed by atoms with Gasteiger partial charge >= 0.3 is 0 Å². The molecule has 3 aromatic heterocycles. The Balaban J connectivity index is 1.18. The number of benzene rings is 2. The van der Waals surface area contributed by atoms with E-state index in [9.17, 15) is 4.79 Å². The van der Waals surface area contributed by atoms with Gasteiger partial charge < -0.3 is 25.6 Å². The minimum Gasteiger partial charge on any atom is -0.439 e. The highest BCUT2D eigenvalue weighted by Gasteiger charge is 2.21. The second-order valence-electron chi connectivity index (χ2n) is 10.00. The van der Waals surface area contributed by atoms with Crippen LogP contribution in [0.25, 0.3) is 28.2 Å². The number of fused-ring (bicyclic) bond motifs is 1. The number of carbonyl (C=O) groups excluding carboxylic acids is 1. The maximum atomic E-state index is 12.8. The fourth-order valence-electron chi connectivity index (χ4n) is 4.87. The van der Waals surface area contributed by atoms with Gasteiger partial charge in [-0.2, -0.15) is 0 Å². The van der Waals surface area contributed by atoms with Crippen LogP contribution in [-0.2, 0) is 0 Å². The standard InChI is InChI=1S/C29H31N9O3/c1-36-13-15-37(16-14-36)12-6-11-31-29(39)20-7-5-10-22(17-20)40-25-18-24-23(19-32-25)33-28(26-27(30)35-41-34-26)38(24)21-8-3-2-4-9-21/h2-5,7-10,17-19H,6,11-16H2,1H3,(H2,30,35)(H,31,39). The summed E-state index contributed by atoms with van der Waals surface area (Å²) in [5.41, 5.74) is 9.03. The number of para-hydroxylation sites is 1. The van der Waals surface area contributed by atoms with Crippen LogP contribution in [-0.4, -0.2) is 86.9 Å². The van der Waals surface area contributed by atoms with E-state index in [4.69, 9.17) is 20.1 Å². The molecule has 12 heteroatoms. The van der Waals surface area contributed by atoms with Crippen LogP contribution < -0.4 is 15.8 Å². The molecule has 5 aromatic rings. The lowest BCUT2D eigenvalue weighted by molar-refractivity contribution is 0.0949. The SMILES string of the molecule is CN1CCN(CCCNC(=O)c2cccc(Oc3cc4c(cn3)nc(-c3nonc3N)n4-c3ccccc3)c2)CC1. The van der Waals surface area contributed by atoms with E-state index in [0.29, 0.717) is 40.8 Å². The monoisotopic (exact) mass is 553 g/mol. The Bertz CT molecular complexity index is 1640. The van der Waals surface area contributed by atoms with Gasteiger partial charge in [-0.25, -0.2) is 14.6 Å². The number of nitrogens with zero attached hydrogens (tertiary/aromatic N) is 7. The van der Waals surface area contributed by atoms with Crippen molar-refractivity contribution >= 4 is 22.8 Å². The lowest BCUT2D eigenvalue weighted by Gasteiger charge is -2.32. The number of imidazole rings is 1. The summed E-state index contributed by atoms with van der Waals surface area (Å²) < 4.78 is 12.8. The van der Waals surface area contributed by atoms with Crippen LogP contribution in [0.2, 0.25) is 0 Å². The number of likely N-dealkylation sites (N-methyl/N-ethyl adjacent to an activating group) is 1. The van der Waals surface area contributed by atoms with Crippen molar-refractivity contribution in [3.63, 3.8) is 0 Å². The number of anilines is 1. The zero-order valence-corrected chi connectivity index (χ0v) is 22.7. The first-order valence-corrected chi connectivity index (χ1v) is 13.5. The molecular weight excluding hydrogens is 522 g/mol. The van der Waals surface area contributed by atoms with E-state index in [2.05, 4.69) is 37.5 Å². The third kappa shape index (κ3) is 5.88. The van der Waals surface area contributed by atoms with Crippen molar-refractivity contribution < 1.29 is 14.2 Å². The van der Waals surface area contributed by atoms with E-state index in [1.807, 2.05) is 34.9 Å². The maximum Gasteiger partial charge on any atom is 0.251 e. The molecule has 1 saturated heterocycles. The van der Waals surface area contributed by atoms with E-state index in [0.717, 1.165) is 50.3 Å². The molecule has 0 spiro atoms. The van der Waals surface area contributed by atoms with Gasteiger partial charge in [0.2, 0.25) is 5.88 Å². The summed E-state index contributed by atoms with van der Waals surface area (Å²) in [6.07, 6.45) is 2.52. The van der Waals surface area contributed by atoms with Crippen molar-refractivity contribution in [1.82, 2.24) is 40.0 Å². The topological polar surface area (TPSA) is 140 Å². The highest BCUT2D eigenvalue weighted by Crippen LogP contribution is 2.32. The molecule has 0 saturated carbocycles. The number of carbonyl (C=O) groups is 1. The van der Waals surface area contributed by atoms with Crippen molar-refractivity contribution in [1.29, 1.82) is 0 Å². The Morgan fingerprint density at radius 1 is 1.05 bits per heavy atom. The number of amides is 1. The summed E-state index contributed by atoms with van der Waals surface area (Å²) >= 11 is 0. The molecule has 3 N–H and O–H groups in total. The minimum absolute atomic E-state index is 0.136. The van der Waals surface area contributed by atoms with Gasteiger partial charge in [-0.1, -0.05) is 24.3 Å². The highest BCUT2D eigenvalue weighted by molar-refractivity contribution is 5.94. The summed E-state index contributed by atoms with van der Waals surface area (Å²) in [5.74, 6) is 1.31. The number of aromatic nitrogens is 5. The molecule has 1 amide bonds. The van der Waals surface area contributed by atoms with E-state index in [1.165, 1.54) is 0 Å². The van der Waals surface area contributed by atoms with Crippen molar-refractivity contribution in [2.45, 2.75) is 6.42 Å². The Hall–Kier alpha value is -4.81. The number of rotatable bonds is 9. The van der Waals surface area contributed by atoms with Crippen molar-refractivity contribution in [2.75, 3.05) is 52.0 Å². The summed E-state index contributed by atoms with van der Waals surface area (Å²) in [5, 5.41) is 10.7. The smallest absolute Gasteiger partial charge is 0.251 e. The Morgan fingerprint density at radius 2 is 1.88 bits per heavy atom. The van der Waals surface area contributed by atoms with Crippen LogP contribution in [0.1, 0.15) is 16.8 Å². The van der Waals surface area contributed by atoms with Crippen LogP contribution in [0.15, 0.2) is 71.5 Å². The van der Waals surface area contributed by atoms with Gasteiger partial charge in [-0.3, -0.25) is 9.36 Å². The van der Waals surface area contributed by atoms with Crippen LogP contribution in [0.4, 0.5) is 5.82 Å². The first-order valence-electron chi connectivity index (χ1n) is 13.5. The molecule has 12 nitrogen and oxygen atoms in total. The number of nitrogen functional groups attached to an aromatic ring is 1. The van der Waals surface area contributed by atoms with Gasteiger partial charge in [0.05, 0.1) is 11.7 Å². The molecular formula is C29H31N9O3. The largest absolute Gasteiger partial charge is 0.439 e. The lowest BCUT2D eigenvalue weighted by Crippen LogP contribution is -2.45.